The van der Waals surface area contributed by atoms with Crippen LogP contribution in [-0.2, 0) is 13.0 Å². The largest absolute Gasteiger partial charge is 0.361 e. The number of aromatic nitrogens is 2. The summed E-state index contributed by atoms with van der Waals surface area (Å²) < 4.78 is 5.16. The van der Waals surface area contributed by atoms with Gasteiger partial charge in [-0.3, -0.25) is 4.99 Å². The first-order chi connectivity index (χ1) is 10.5. The molecule has 0 saturated carbocycles. The molecular weight excluding hydrogens is 298 g/mol. The lowest BCUT2D eigenvalue weighted by molar-refractivity contribution is 0.392. The molecule has 0 aliphatic carbocycles. The maximum absolute atomic E-state index is 5.16. The maximum atomic E-state index is 5.16. The van der Waals surface area contributed by atoms with Crippen molar-refractivity contribution in [3.8, 4) is 0 Å². The molecule has 0 fully saturated rings. The van der Waals surface area contributed by atoms with E-state index in [1.807, 2.05) is 20.8 Å². The molecule has 0 aliphatic rings. The number of nitrogens with zero attached hydrogens (tertiary/aromatic N) is 3. The number of rotatable bonds is 5. The third kappa shape index (κ3) is 4.07. The number of aliphatic imine (C=N–C) groups is 1. The van der Waals surface area contributed by atoms with E-state index in [-0.39, 0.29) is 0 Å². The first-order valence-electron chi connectivity index (χ1n) is 7.30. The Labute approximate surface area is 135 Å². The molecule has 120 valence electrons. The zero-order valence-electron chi connectivity index (χ0n) is 13.8. The zero-order chi connectivity index (χ0) is 16.1. The molecule has 0 amide bonds. The fourth-order valence-corrected chi connectivity index (χ4v) is 3.01. The van der Waals surface area contributed by atoms with E-state index >= 15 is 0 Å². The van der Waals surface area contributed by atoms with Crippen LogP contribution >= 0.6 is 11.3 Å². The van der Waals surface area contributed by atoms with Crippen molar-refractivity contribution in [2.24, 2.45) is 4.99 Å². The summed E-state index contributed by atoms with van der Waals surface area (Å²) in [7, 11) is 1.76. The average Bonchev–Trinajstić information content (AvgIpc) is 2.97. The molecule has 2 N–H and O–H groups in total. The summed E-state index contributed by atoms with van der Waals surface area (Å²) >= 11 is 1.76. The van der Waals surface area contributed by atoms with Gasteiger partial charge in [0.15, 0.2) is 5.96 Å². The highest BCUT2D eigenvalue weighted by Crippen LogP contribution is 2.16. The summed E-state index contributed by atoms with van der Waals surface area (Å²) in [6.45, 7) is 9.46. The van der Waals surface area contributed by atoms with Crippen molar-refractivity contribution < 1.29 is 4.52 Å². The summed E-state index contributed by atoms with van der Waals surface area (Å²) in [4.78, 5) is 10.1. The fraction of sp³-hybridized carbons (Fsp3) is 0.533. The molecule has 0 radical (unpaired) electrons. The number of hydrogen-bond acceptors (Lipinski definition) is 5. The first kappa shape index (κ1) is 16.5. The molecule has 0 saturated heterocycles. The molecule has 0 aromatic carbocycles. The van der Waals surface area contributed by atoms with Crippen LogP contribution in [0, 0.1) is 27.7 Å². The molecular formula is C15H23N5OS. The summed E-state index contributed by atoms with van der Waals surface area (Å²) in [5.74, 6) is 1.61. The van der Waals surface area contributed by atoms with E-state index in [2.05, 4.69) is 32.7 Å². The smallest absolute Gasteiger partial charge is 0.191 e. The quantitative estimate of drug-likeness (QED) is 0.653. The van der Waals surface area contributed by atoms with E-state index in [0.717, 1.165) is 46.6 Å². The minimum atomic E-state index is 0.649. The Bertz CT molecular complexity index is 620. The normalized spacial score (nSPS) is 11.8. The van der Waals surface area contributed by atoms with Crippen molar-refractivity contribution in [2.75, 3.05) is 13.6 Å². The number of aryl methyl sites for hydroxylation is 4. The second kappa shape index (κ2) is 7.40. The van der Waals surface area contributed by atoms with Gasteiger partial charge in [0.1, 0.15) is 5.76 Å². The summed E-state index contributed by atoms with van der Waals surface area (Å²) in [6.07, 6.45) is 0.894. The van der Waals surface area contributed by atoms with Gasteiger partial charge in [-0.15, -0.1) is 11.3 Å². The van der Waals surface area contributed by atoms with Crippen molar-refractivity contribution in [3.63, 3.8) is 0 Å². The monoisotopic (exact) mass is 321 g/mol. The lowest BCUT2D eigenvalue weighted by Crippen LogP contribution is -2.38. The van der Waals surface area contributed by atoms with E-state index in [0.29, 0.717) is 6.54 Å². The van der Waals surface area contributed by atoms with Gasteiger partial charge in [0.2, 0.25) is 0 Å². The van der Waals surface area contributed by atoms with Crippen molar-refractivity contribution in [1.82, 2.24) is 20.8 Å². The van der Waals surface area contributed by atoms with E-state index in [1.165, 1.54) is 4.88 Å². The summed E-state index contributed by atoms with van der Waals surface area (Å²) in [6, 6.07) is 0. The standard InChI is InChI=1S/C15H23N5OS/c1-9-12(4)22-14(19-9)6-7-17-15(16-5)18-8-13-10(2)20-21-11(13)3/h6-8H2,1-5H3,(H2,16,17,18). The van der Waals surface area contributed by atoms with Crippen molar-refractivity contribution in [2.45, 2.75) is 40.7 Å². The van der Waals surface area contributed by atoms with Gasteiger partial charge in [-0.25, -0.2) is 4.98 Å². The van der Waals surface area contributed by atoms with Crippen LogP contribution in [0.5, 0.6) is 0 Å². The molecule has 2 heterocycles. The van der Waals surface area contributed by atoms with Crippen molar-refractivity contribution in [1.29, 1.82) is 0 Å². The number of nitrogens with one attached hydrogen (secondary N) is 2. The van der Waals surface area contributed by atoms with E-state index in [1.54, 1.807) is 18.4 Å². The van der Waals surface area contributed by atoms with Crippen molar-refractivity contribution in [3.05, 3.63) is 32.6 Å². The van der Waals surface area contributed by atoms with Gasteiger partial charge in [0.25, 0.3) is 0 Å². The molecule has 0 unspecified atom stereocenters. The van der Waals surface area contributed by atoms with Gasteiger partial charge < -0.3 is 15.2 Å². The van der Waals surface area contributed by atoms with E-state index < -0.39 is 0 Å². The third-order valence-electron chi connectivity index (χ3n) is 3.54. The highest BCUT2D eigenvalue weighted by atomic mass is 32.1. The number of guanidine groups is 1. The van der Waals surface area contributed by atoms with Gasteiger partial charge in [-0.1, -0.05) is 5.16 Å². The van der Waals surface area contributed by atoms with Crippen LogP contribution in [-0.4, -0.2) is 29.7 Å². The van der Waals surface area contributed by atoms with Crippen LogP contribution in [0.3, 0.4) is 0 Å². The topological polar surface area (TPSA) is 75.3 Å². The highest BCUT2D eigenvalue weighted by Gasteiger charge is 2.09. The Morgan fingerprint density at radius 2 is 1.95 bits per heavy atom. The second-order valence-corrected chi connectivity index (χ2v) is 6.44. The second-order valence-electron chi connectivity index (χ2n) is 5.15. The third-order valence-corrected chi connectivity index (χ3v) is 4.67. The molecule has 0 bridgehead atoms. The molecule has 2 rings (SSSR count). The van der Waals surface area contributed by atoms with Crippen LogP contribution in [0.2, 0.25) is 0 Å². The van der Waals surface area contributed by atoms with Gasteiger partial charge in [0, 0.05) is 37.0 Å². The molecule has 2 aromatic rings. The van der Waals surface area contributed by atoms with Crippen LogP contribution in [0.15, 0.2) is 9.52 Å². The molecule has 7 heteroatoms. The molecule has 0 spiro atoms. The van der Waals surface area contributed by atoms with Gasteiger partial charge in [-0.2, -0.15) is 0 Å². The summed E-state index contributed by atoms with van der Waals surface area (Å²) in [5, 5.41) is 11.7. The first-order valence-corrected chi connectivity index (χ1v) is 8.12. The summed E-state index contributed by atoms with van der Waals surface area (Å²) in [5.41, 5.74) is 3.12. The Morgan fingerprint density at radius 1 is 1.18 bits per heavy atom. The number of thiazole rings is 1. The van der Waals surface area contributed by atoms with Crippen LogP contribution in [0.1, 0.15) is 32.6 Å². The number of hydrogen-bond donors (Lipinski definition) is 2. The van der Waals surface area contributed by atoms with E-state index in [4.69, 9.17) is 4.52 Å². The fourth-order valence-electron chi connectivity index (χ4n) is 2.08. The SMILES string of the molecule is CN=C(NCCc1nc(C)c(C)s1)NCc1c(C)noc1C. The molecule has 6 nitrogen and oxygen atoms in total. The maximum Gasteiger partial charge on any atom is 0.191 e. The van der Waals surface area contributed by atoms with Crippen molar-refractivity contribution >= 4 is 17.3 Å². The van der Waals surface area contributed by atoms with Gasteiger partial charge in [0.05, 0.1) is 16.4 Å². The van der Waals surface area contributed by atoms with E-state index in [9.17, 15) is 0 Å². The van der Waals surface area contributed by atoms with Gasteiger partial charge in [-0.05, 0) is 27.7 Å². The molecule has 0 aliphatic heterocycles. The minimum absolute atomic E-state index is 0.649. The lowest BCUT2D eigenvalue weighted by atomic mass is 10.2. The Morgan fingerprint density at radius 3 is 2.50 bits per heavy atom. The predicted molar refractivity (Wildman–Crippen MR) is 89.5 cm³/mol. The van der Waals surface area contributed by atoms with Crippen LogP contribution in [0.25, 0.3) is 0 Å². The Balaban J connectivity index is 1.80. The Kier molecular flexibility index (Phi) is 5.54. The highest BCUT2D eigenvalue weighted by molar-refractivity contribution is 7.11. The average molecular weight is 321 g/mol. The zero-order valence-corrected chi connectivity index (χ0v) is 14.6. The lowest BCUT2D eigenvalue weighted by Gasteiger charge is -2.11. The molecule has 0 atom stereocenters. The molecule has 2 aromatic heterocycles. The van der Waals surface area contributed by atoms with Crippen LogP contribution in [0.4, 0.5) is 0 Å². The Hall–Kier alpha value is -1.89. The molecule has 22 heavy (non-hydrogen) atoms. The minimum Gasteiger partial charge on any atom is -0.361 e. The predicted octanol–water partition coefficient (Wildman–Crippen LogP) is 2.27. The van der Waals surface area contributed by atoms with Gasteiger partial charge >= 0.3 is 0 Å². The van der Waals surface area contributed by atoms with Crippen LogP contribution < -0.4 is 10.6 Å².